The van der Waals surface area contributed by atoms with Gasteiger partial charge in [0.15, 0.2) is 5.96 Å². The molecule has 3 aliphatic rings. The maximum absolute atomic E-state index is 14.1. The van der Waals surface area contributed by atoms with Gasteiger partial charge in [0.1, 0.15) is 11.6 Å². The highest BCUT2D eigenvalue weighted by Crippen LogP contribution is 2.23. The van der Waals surface area contributed by atoms with Gasteiger partial charge in [-0.15, -0.1) is 24.0 Å². The van der Waals surface area contributed by atoms with E-state index in [1.807, 2.05) is 4.90 Å². The molecule has 0 aromatic heterocycles. The van der Waals surface area contributed by atoms with E-state index in [-0.39, 0.29) is 35.9 Å². The maximum Gasteiger partial charge on any atom is 0.194 e. The van der Waals surface area contributed by atoms with Gasteiger partial charge in [0.2, 0.25) is 0 Å². The van der Waals surface area contributed by atoms with Gasteiger partial charge in [0.25, 0.3) is 0 Å². The molecule has 0 amide bonds. The molecule has 4 rings (SSSR count). The van der Waals surface area contributed by atoms with Crippen molar-refractivity contribution in [1.29, 1.82) is 0 Å². The highest BCUT2D eigenvalue weighted by Gasteiger charge is 2.32. The number of nitrogens with zero attached hydrogens (tertiary/aromatic N) is 4. The third-order valence-electron chi connectivity index (χ3n) is 6.07. The van der Waals surface area contributed by atoms with Crippen molar-refractivity contribution in [2.75, 3.05) is 63.9 Å². The molecule has 3 aliphatic heterocycles. The number of piperazine rings is 1. The predicted octanol–water partition coefficient (Wildman–Crippen LogP) is 2.53. The van der Waals surface area contributed by atoms with Crippen molar-refractivity contribution in [3.8, 4) is 0 Å². The molecule has 0 bridgehead atoms. The van der Waals surface area contributed by atoms with Crippen molar-refractivity contribution in [3.63, 3.8) is 0 Å². The van der Waals surface area contributed by atoms with E-state index in [2.05, 4.69) is 22.0 Å². The number of anilines is 1. The van der Waals surface area contributed by atoms with E-state index in [0.29, 0.717) is 44.5 Å². The number of nitrogens with one attached hydrogen (secondary N) is 1. The fourth-order valence-electron chi connectivity index (χ4n) is 4.50. The number of hydrogen-bond donors (Lipinski definition) is 1. The van der Waals surface area contributed by atoms with Crippen LogP contribution in [0, 0.1) is 11.6 Å². The third-order valence-corrected chi connectivity index (χ3v) is 6.07. The first-order valence-corrected chi connectivity index (χ1v) is 10.7. The molecule has 168 valence electrons. The minimum atomic E-state index is -0.411. The topological polar surface area (TPSA) is 43.3 Å². The maximum atomic E-state index is 14.1. The molecule has 0 aliphatic carbocycles. The largest absolute Gasteiger partial charge is 0.373 e. The van der Waals surface area contributed by atoms with Gasteiger partial charge in [0, 0.05) is 51.4 Å². The number of ether oxygens (including phenoxy) is 1. The number of morpholine rings is 1. The molecule has 2 unspecified atom stereocenters. The number of halogens is 3. The van der Waals surface area contributed by atoms with Crippen LogP contribution in [0.2, 0.25) is 0 Å². The molecular weight excluding hydrogens is 503 g/mol. The highest BCUT2D eigenvalue weighted by atomic mass is 127. The van der Waals surface area contributed by atoms with E-state index in [1.165, 1.54) is 31.5 Å². The Kier molecular flexibility index (Phi) is 8.52. The summed E-state index contributed by atoms with van der Waals surface area (Å²) in [5, 5.41) is 3.37. The molecule has 3 fully saturated rings. The summed E-state index contributed by atoms with van der Waals surface area (Å²) < 4.78 is 33.6. The first-order chi connectivity index (χ1) is 14.1. The molecule has 3 heterocycles. The minimum Gasteiger partial charge on any atom is -0.373 e. The smallest absolute Gasteiger partial charge is 0.194 e. The van der Waals surface area contributed by atoms with Crippen LogP contribution in [0.15, 0.2) is 23.2 Å². The molecule has 9 heteroatoms. The zero-order valence-electron chi connectivity index (χ0n) is 17.5. The van der Waals surface area contributed by atoms with Crippen LogP contribution >= 0.6 is 24.0 Å². The third kappa shape index (κ3) is 5.53. The molecule has 0 saturated carbocycles. The van der Waals surface area contributed by atoms with E-state index in [9.17, 15) is 8.78 Å². The lowest BCUT2D eigenvalue weighted by Gasteiger charge is -2.38. The van der Waals surface area contributed by atoms with Crippen LogP contribution < -0.4 is 10.2 Å². The Balaban J connectivity index is 0.00000256. The average Bonchev–Trinajstić information content (AvgIpc) is 3.21. The number of fused-ring (bicyclic) bond motifs is 1. The van der Waals surface area contributed by atoms with Gasteiger partial charge < -0.3 is 19.9 Å². The van der Waals surface area contributed by atoms with Crippen molar-refractivity contribution in [3.05, 3.63) is 29.8 Å². The predicted molar refractivity (Wildman–Crippen MR) is 126 cm³/mol. The lowest BCUT2D eigenvalue weighted by Crippen LogP contribution is -2.53. The Morgan fingerprint density at radius 1 is 1.20 bits per heavy atom. The molecular formula is C21H32F2IN5O. The van der Waals surface area contributed by atoms with Crippen LogP contribution in [0.3, 0.4) is 0 Å². The summed E-state index contributed by atoms with van der Waals surface area (Å²) in [6, 6.07) is 4.22. The molecule has 2 atom stereocenters. The molecule has 1 aromatic rings. The molecule has 1 N–H and O–H groups in total. The van der Waals surface area contributed by atoms with Crippen LogP contribution in [-0.4, -0.2) is 86.9 Å². The summed E-state index contributed by atoms with van der Waals surface area (Å²) >= 11 is 0. The van der Waals surface area contributed by atoms with E-state index in [4.69, 9.17) is 9.73 Å². The van der Waals surface area contributed by atoms with Crippen LogP contribution in [-0.2, 0) is 4.74 Å². The Labute approximate surface area is 194 Å². The van der Waals surface area contributed by atoms with Gasteiger partial charge in [-0.2, -0.15) is 0 Å². The quantitative estimate of drug-likeness (QED) is 0.365. The van der Waals surface area contributed by atoms with E-state index >= 15 is 0 Å². The van der Waals surface area contributed by atoms with Gasteiger partial charge in [0.05, 0.1) is 24.9 Å². The monoisotopic (exact) mass is 535 g/mol. The van der Waals surface area contributed by atoms with Crippen molar-refractivity contribution < 1.29 is 13.5 Å². The zero-order chi connectivity index (χ0) is 20.2. The van der Waals surface area contributed by atoms with Gasteiger partial charge in [-0.1, -0.05) is 0 Å². The lowest BCUT2D eigenvalue weighted by molar-refractivity contribution is -0.0432. The Morgan fingerprint density at radius 3 is 2.77 bits per heavy atom. The van der Waals surface area contributed by atoms with Gasteiger partial charge in [-0.3, -0.25) is 9.89 Å². The van der Waals surface area contributed by atoms with Crippen LogP contribution in [0.1, 0.15) is 19.8 Å². The second-order valence-electron chi connectivity index (χ2n) is 8.01. The number of hydrogen-bond acceptors (Lipinski definition) is 4. The molecule has 3 saturated heterocycles. The van der Waals surface area contributed by atoms with Crippen molar-refractivity contribution in [2.24, 2.45) is 4.99 Å². The van der Waals surface area contributed by atoms with E-state index < -0.39 is 5.82 Å². The highest BCUT2D eigenvalue weighted by molar-refractivity contribution is 14.0. The normalized spacial score (nSPS) is 25.1. The molecule has 6 nitrogen and oxygen atoms in total. The van der Waals surface area contributed by atoms with Gasteiger partial charge in [-0.05, 0) is 38.4 Å². The summed E-state index contributed by atoms with van der Waals surface area (Å²) in [5.74, 6) is 0.0838. The second-order valence-corrected chi connectivity index (χ2v) is 8.01. The van der Waals surface area contributed by atoms with E-state index in [0.717, 1.165) is 31.7 Å². The van der Waals surface area contributed by atoms with Crippen LogP contribution in [0.5, 0.6) is 0 Å². The minimum absolute atomic E-state index is 0. The zero-order valence-corrected chi connectivity index (χ0v) is 19.9. The van der Waals surface area contributed by atoms with E-state index in [1.54, 1.807) is 0 Å². The summed E-state index contributed by atoms with van der Waals surface area (Å²) in [6.45, 7) is 9.10. The average molecular weight is 535 g/mol. The molecule has 1 aromatic carbocycles. The van der Waals surface area contributed by atoms with Crippen molar-refractivity contribution in [1.82, 2.24) is 15.1 Å². The summed E-state index contributed by atoms with van der Waals surface area (Å²) in [5.41, 5.74) is 0.336. The fourth-order valence-corrected chi connectivity index (χ4v) is 4.50. The first kappa shape index (κ1) is 23.5. The summed E-state index contributed by atoms with van der Waals surface area (Å²) in [7, 11) is 0. The van der Waals surface area contributed by atoms with Crippen LogP contribution in [0.25, 0.3) is 0 Å². The summed E-state index contributed by atoms with van der Waals surface area (Å²) in [6.07, 6.45) is 2.65. The first-order valence-electron chi connectivity index (χ1n) is 10.7. The molecule has 0 radical (unpaired) electrons. The Hall–Kier alpha value is -1.20. The number of rotatable bonds is 4. The standard InChI is InChI=1S/C21H31F2N5O.HI/c1-2-24-21(25-13-18-14-28-7-3-4-17(28)15-29-18)27-10-8-26(9-11-27)20-12-16(22)5-6-19(20)23;/h5-6,12,17-18H,2-4,7-11,13-15H2,1H3,(H,24,25);1H. The molecule has 0 spiro atoms. The molecule has 30 heavy (non-hydrogen) atoms. The Bertz CT molecular complexity index is 729. The summed E-state index contributed by atoms with van der Waals surface area (Å²) in [4.78, 5) is 11.5. The fraction of sp³-hybridized carbons (Fsp3) is 0.667. The van der Waals surface area contributed by atoms with Gasteiger partial charge >= 0.3 is 0 Å². The number of guanidine groups is 1. The lowest BCUT2D eigenvalue weighted by atomic mass is 10.2. The number of benzene rings is 1. The second kappa shape index (κ2) is 10.9. The van der Waals surface area contributed by atoms with Crippen LogP contribution in [0.4, 0.5) is 14.5 Å². The Morgan fingerprint density at radius 2 is 2.00 bits per heavy atom. The number of aliphatic imine (C=N–C) groups is 1. The van der Waals surface area contributed by atoms with Crippen molar-refractivity contribution in [2.45, 2.75) is 31.9 Å². The van der Waals surface area contributed by atoms with Gasteiger partial charge in [-0.25, -0.2) is 8.78 Å². The van der Waals surface area contributed by atoms with Crippen molar-refractivity contribution >= 4 is 35.6 Å². The SMILES string of the molecule is CCNC(=NCC1CN2CCCC2CO1)N1CCN(c2cc(F)ccc2F)CC1.I.